The molecule has 11 heteroatoms. The Morgan fingerprint density at radius 1 is 1.58 bits per heavy atom. The average molecular weight is 353 g/mol. The van der Waals surface area contributed by atoms with Gasteiger partial charge in [0.1, 0.15) is 38.4 Å². The molecule has 4 heterocycles. The number of nitrogens with two attached hydrogens (primary N) is 1. The Hall–Kier alpha value is -2.05. The Kier molecular flexibility index (Phi) is 3.21. The van der Waals surface area contributed by atoms with Gasteiger partial charge in [-0.2, -0.15) is 0 Å². The quantitative estimate of drug-likeness (QED) is 0.389. The molecule has 1 saturated heterocycles. The summed E-state index contributed by atoms with van der Waals surface area (Å²) in [6, 6.07) is 0. The van der Waals surface area contributed by atoms with Crippen molar-refractivity contribution in [3.05, 3.63) is 16.7 Å². The molecule has 3 aromatic heterocycles. The van der Waals surface area contributed by atoms with Crippen LogP contribution < -0.4 is 11.3 Å². The fourth-order valence-corrected chi connectivity index (χ4v) is 4.02. The molecular formula is C13H15N5O5S. The van der Waals surface area contributed by atoms with Crippen molar-refractivity contribution in [2.45, 2.75) is 31.0 Å². The number of imidazole rings is 1. The summed E-state index contributed by atoms with van der Waals surface area (Å²) in [6.45, 7) is 0.966. The minimum atomic E-state index is -1.66. The van der Waals surface area contributed by atoms with Gasteiger partial charge in [0, 0.05) is 0 Å². The molecule has 0 bridgehead atoms. The number of aromatic amines is 1. The van der Waals surface area contributed by atoms with Crippen LogP contribution in [0.5, 0.6) is 0 Å². The van der Waals surface area contributed by atoms with Crippen molar-refractivity contribution >= 4 is 37.8 Å². The molecule has 6 N–H and O–H groups in total. The molecule has 128 valence electrons. The summed E-state index contributed by atoms with van der Waals surface area (Å²) in [7, 11) is 0. The molecule has 0 aromatic carbocycles. The lowest BCUT2D eigenvalue weighted by molar-refractivity contribution is -0.0947. The van der Waals surface area contributed by atoms with Gasteiger partial charge < -0.3 is 25.8 Å². The summed E-state index contributed by atoms with van der Waals surface area (Å²) in [5, 5.41) is 30.1. The highest BCUT2D eigenvalue weighted by atomic mass is 32.1. The van der Waals surface area contributed by atoms with Gasteiger partial charge in [0.2, 0.25) is 5.95 Å². The van der Waals surface area contributed by atoms with Crippen LogP contribution in [0.4, 0.5) is 5.95 Å². The molecule has 0 amide bonds. The molecule has 0 aliphatic carbocycles. The topological polar surface area (TPSA) is 160 Å². The van der Waals surface area contributed by atoms with Crippen molar-refractivity contribution in [1.82, 2.24) is 19.5 Å². The standard InChI is InChI=1S/C13H15N5O5S/c1-13(22)8(20)4(2-19)23-11(13)18-3-15-10-6(18)5-7(24-10)9(21)17-12(14)16-5/h3-4,8,11,19-20,22H,2H2,1H3,(H3,14,16,17,21)/t4-,8-,11-,13+/m1/s1. The summed E-state index contributed by atoms with van der Waals surface area (Å²) < 4.78 is 7.46. The number of anilines is 1. The van der Waals surface area contributed by atoms with Crippen molar-refractivity contribution in [3.8, 4) is 0 Å². The number of H-pyrrole nitrogens is 1. The third-order valence-electron chi connectivity index (χ3n) is 4.27. The summed E-state index contributed by atoms with van der Waals surface area (Å²) in [5.41, 5.74) is 4.40. The summed E-state index contributed by atoms with van der Waals surface area (Å²) in [5.74, 6) is -0.0349. The lowest BCUT2D eigenvalue weighted by Crippen LogP contribution is -2.44. The molecule has 0 unspecified atom stereocenters. The molecule has 1 aliphatic rings. The zero-order valence-electron chi connectivity index (χ0n) is 12.5. The number of aliphatic hydroxyl groups is 3. The maximum Gasteiger partial charge on any atom is 0.270 e. The minimum absolute atomic E-state index is 0.0349. The third kappa shape index (κ3) is 1.93. The normalized spacial score (nSPS) is 30.6. The highest BCUT2D eigenvalue weighted by Crippen LogP contribution is 2.41. The molecule has 4 rings (SSSR count). The molecule has 3 aromatic rings. The van der Waals surface area contributed by atoms with E-state index in [1.807, 2.05) is 0 Å². The van der Waals surface area contributed by atoms with Crippen LogP contribution in [0.25, 0.3) is 20.6 Å². The van der Waals surface area contributed by atoms with Crippen LogP contribution in [0.2, 0.25) is 0 Å². The summed E-state index contributed by atoms with van der Waals surface area (Å²) >= 11 is 1.14. The van der Waals surface area contributed by atoms with E-state index in [2.05, 4.69) is 15.0 Å². The first-order chi connectivity index (χ1) is 11.3. The Morgan fingerprint density at radius 2 is 2.33 bits per heavy atom. The minimum Gasteiger partial charge on any atom is -0.394 e. The van der Waals surface area contributed by atoms with Gasteiger partial charge in [-0.1, -0.05) is 0 Å². The predicted molar refractivity (Wildman–Crippen MR) is 85.6 cm³/mol. The average Bonchev–Trinajstić information content (AvgIpc) is 3.13. The van der Waals surface area contributed by atoms with Crippen molar-refractivity contribution in [2.24, 2.45) is 0 Å². The maximum atomic E-state index is 12.0. The molecule has 1 aliphatic heterocycles. The highest BCUT2D eigenvalue weighted by molar-refractivity contribution is 7.25. The van der Waals surface area contributed by atoms with Crippen molar-refractivity contribution < 1.29 is 20.1 Å². The number of nitrogens with zero attached hydrogens (tertiary/aromatic N) is 3. The Bertz CT molecular complexity index is 992. The molecule has 0 radical (unpaired) electrons. The number of hydrogen-bond donors (Lipinski definition) is 5. The van der Waals surface area contributed by atoms with Crippen LogP contribution in [-0.2, 0) is 4.74 Å². The fourth-order valence-electron chi connectivity index (χ4n) is 3.04. The molecule has 10 nitrogen and oxygen atoms in total. The largest absolute Gasteiger partial charge is 0.394 e. The van der Waals surface area contributed by atoms with Crippen LogP contribution in [0.15, 0.2) is 11.1 Å². The molecule has 24 heavy (non-hydrogen) atoms. The molecule has 4 atom stereocenters. The van der Waals surface area contributed by atoms with Crippen LogP contribution in [0.3, 0.4) is 0 Å². The lowest BCUT2D eigenvalue weighted by atomic mass is 9.96. The Labute approximate surface area is 138 Å². The van der Waals surface area contributed by atoms with Crippen molar-refractivity contribution in [1.29, 1.82) is 0 Å². The lowest BCUT2D eigenvalue weighted by Gasteiger charge is -2.27. The van der Waals surface area contributed by atoms with E-state index in [1.54, 1.807) is 0 Å². The second-order valence-electron chi connectivity index (χ2n) is 5.92. The molecule has 0 saturated carbocycles. The van der Waals surface area contributed by atoms with Crippen LogP contribution in [-0.4, -0.2) is 59.3 Å². The molecule has 1 fully saturated rings. The number of aromatic nitrogens is 4. The van der Waals surface area contributed by atoms with Crippen molar-refractivity contribution in [2.75, 3.05) is 12.3 Å². The van der Waals surface area contributed by atoms with Gasteiger partial charge in [-0.05, 0) is 6.92 Å². The monoisotopic (exact) mass is 353 g/mol. The summed E-state index contributed by atoms with van der Waals surface area (Å²) in [6.07, 6.45) is -1.79. The van der Waals surface area contributed by atoms with Gasteiger partial charge in [0.25, 0.3) is 5.56 Å². The Balaban J connectivity index is 1.96. The zero-order chi connectivity index (χ0) is 17.2. The van der Waals surface area contributed by atoms with E-state index in [9.17, 15) is 20.1 Å². The molecule has 0 spiro atoms. The van der Waals surface area contributed by atoms with E-state index >= 15 is 0 Å². The first-order valence-corrected chi connectivity index (χ1v) is 7.97. The predicted octanol–water partition coefficient (Wildman–Crippen LogP) is -1.08. The number of nitrogen functional groups attached to an aromatic ring is 1. The zero-order valence-corrected chi connectivity index (χ0v) is 13.3. The van der Waals surface area contributed by atoms with Gasteiger partial charge in [-0.15, -0.1) is 11.3 Å². The number of fused-ring (bicyclic) bond motifs is 3. The van der Waals surface area contributed by atoms with E-state index in [0.717, 1.165) is 11.3 Å². The second-order valence-corrected chi connectivity index (χ2v) is 6.92. The number of hydrogen-bond acceptors (Lipinski definition) is 9. The van der Waals surface area contributed by atoms with Gasteiger partial charge in [-0.25, -0.2) is 9.97 Å². The SMILES string of the molecule is C[C@]1(O)[C@H](O)[C@@H](CO)O[C@H]1n1cnc2sc3c(=O)[nH]c(N)nc3c21. The number of nitrogens with one attached hydrogen (secondary N) is 1. The third-order valence-corrected chi connectivity index (χ3v) is 5.34. The number of ether oxygens (including phenoxy) is 1. The van der Waals surface area contributed by atoms with Crippen molar-refractivity contribution in [3.63, 3.8) is 0 Å². The fraction of sp³-hybridized carbons (Fsp3) is 0.462. The Morgan fingerprint density at radius 3 is 3.00 bits per heavy atom. The first kappa shape index (κ1) is 15.5. The number of aliphatic hydroxyl groups excluding tert-OH is 2. The van der Waals surface area contributed by atoms with Gasteiger partial charge >= 0.3 is 0 Å². The van der Waals surface area contributed by atoms with E-state index < -0.39 is 30.6 Å². The summed E-state index contributed by atoms with van der Waals surface area (Å²) in [4.78, 5) is 23.4. The molecular weight excluding hydrogens is 338 g/mol. The second kappa shape index (κ2) is 4.97. The van der Waals surface area contributed by atoms with Gasteiger partial charge in [0.05, 0.1) is 12.9 Å². The van der Waals surface area contributed by atoms with E-state index in [-0.39, 0.29) is 11.5 Å². The first-order valence-electron chi connectivity index (χ1n) is 7.16. The van der Waals surface area contributed by atoms with Crippen LogP contribution >= 0.6 is 11.3 Å². The smallest absolute Gasteiger partial charge is 0.270 e. The van der Waals surface area contributed by atoms with Crippen LogP contribution in [0, 0.1) is 0 Å². The van der Waals surface area contributed by atoms with Gasteiger partial charge in [0.15, 0.2) is 6.23 Å². The van der Waals surface area contributed by atoms with Crippen LogP contribution in [0.1, 0.15) is 13.2 Å². The highest BCUT2D eigenvalue weighted by Gasteiger charge is 2.53. The van der Waals surface area contributed by atoms with E-state index in [1.165, 1.54) is 17.8 Å². The maximum absolute atomic E-state index is 12.0. The van der Waals surface area contributed by atoms with E-state index in [4.69, 9.17) is 10.5 Å². The van der Waals surface area contributed by atoms with Gasteiger partial charge in [-0.3, -0.25) is 14.3 Å². The number of rotatable bonds is 2. The van der Waals surface area contributed by atoms with E-state index in [0.29, 0.717) is 20.6 Å². The number of thiophene rings is 1.